The van der Waals surface area contributed by atoms with Crippen molar-refractivity contribution in [2.24, 2.45) is 0 Å². The molecule has 7 heteroatoms. The molecule has 0 spiro atoms. The maximum atomic E-state index is 12.8. The molecule has 1 unspecified atom stereocenters. The Bertz CT molecular complexity index is 836. The number of nitro groups is 1. The molecule has 7 nitrogen and oxygen atoms in total. The highest BCUT2D eigenvalue weighted by Gasteiger charge is 2.26. The number of amides is 1. The average molecular weight is 356 g/mol. The Labute approximate surface area is 151 Å². The molecule has 0 N–H and O–H groups in total. The van der Waals surface area contributed by atoms with Gasteiger partial charge in [0, 0.05) is 23.7 Å². The largest absolute Gasteiger partial charge is 0.486 e. The lowest BCUT2D eigenvalue weighted by Crippen LogP contribution is -2.43. The van der Waals surface area contributed by atoms with Crippen LogP contribution in [0.2, 0.25) is 0 Å². The lowest BCUT2D eigenvalue weighted by Gasteiger charge is -2.31. The third kappa shape index (κ3) is 3.61. The summed E-state index contributed by atoms with van der Waals surface area (Å²) in [7, 11) is 0. The fraction of sp³-hybridized carbons (Fsp3) is 0.316. The predicted octanol–water partition coefficient (Wildman–Crippen LogP) is 3.21. The number of ether oxygens (including phenoxy) is 2. The van der Waals surface area contributed by atoms with E-state index in [1.54, 1.807) is 24.0 Å². The number of hydrogen-bond acceptors (Lipinski definition) is 5. The van der Waals surface area contributed by atoms with Crippen molar-refractivity contribution in [1.82, 2.24) is 4.90 Å². The van der Waals surface area contributed by atoms with Crippen LogP contribution in [0.25, 0.3) is 0 Å². The van der Waals surface area contributed by atoms with Gasteiger partial charge in [-0.15, -0.1) is 0 Å². The zero-order valence-electron chi connectivity index (χ0n) is 14.7. The summed E-state index contributed by atoms with van der Waals surface area (Å²) in [5.74, 6) is 1.07. The van der Waals surface area contributed by atoms with E-state index in [1.165, 1.54) is 6.07 Å². The first-order valence-corrected chi connectivity index (χ1v) is 8.42. The van der Waals surface area contributed by atoms with Crippen LogP contribution in [-0.4, -0.2) is 41.5 Å². The molecule has 136 valence electrons. The van der Waals surface area contributed by atoms with E-state index in [0.29, 0.717) is 42.3 Å². The Morgan fingerprint density at radius 2 is 2.00 bits per heavy atom. The molecule has 26 heavy (non-hydrogen) atoms. The van der Waals surface area contributed by atoms with Crippen molar-refractivity contribution >= 4 is 11.6 Å². The molecule has 1 atom stereocenters. The quantitative estimate of drug-likeness (QED) is 0.607. The van der Waals surface area contributed by atoms with E-state index in [-0.39, 0.29) is 17.7 Å². The Balaban J connectivity index is 1.74. The first kappa shape index (κ1) is 17.7. The maximum absolute atomic E-state index is 12.8. The third-order valence-electron chi connectivity index (χ3n) is 4.31. The van der Waals surface area contributed by atoms with E-state index in [0.717, 1.165) is 0 Å². The zero-order valence-corrected chi connectivity index (χ0v) is 14.7. The highest BCUT2D eigenvalue weighted by atomic mass is 16.6. The summed E-state index contributed by atoms with van der Waals surface area (Å²) in [6.07, 6.45) is -0.297. The maximum Gasteiger partial charge on any atom is 0.273 e. The minimum atomic E-state index is -0.475. The molecule has 1 aliphatic heterocycles. The van der Waals surface area contributed by atoms with E-state index in [9.17, 15) is 14.9 Å². The number of nitrogens with zero attached hydrogens (tertiary/aromatic N) is 2. The molecular formula is C19H20N2O5. The van der Waals surface area contributed by atoms with Gasteiger partial charge in [0.05, 0.1) is 11.5 Å². The van der Waals surface area contributed by atoms with Gasteiger partial charge in [-0.05, 0) is 32.0 Å². The van der Waals surface area contributed by atoms with Crippen molar-refractivity contribution in [2.45, 2.75) is 20.0 Å². The number of hydrogen-bond donors (Lipinski definition) is 0. The van der Waals surface area contributed by atoms with Crippen LogP contribution in [-0.2, 0) is 0 Å². The van der Waals surface area contributed by atoms with Gasteiger partial charge < -0.3 is 14.4 Å². The molecule has 0 bridgehead atoms. The van der Waals surface area contributed by atoms with Crippen LogP contribution in [0.3, 0.4) is 0 Å². The highest BCUT2D eigenvalue weighted by Crippen LogP contribution is 2.31. The summed E-state index contributed by atoms with van der Waals surface area (Å²) in [5, 5.41) is 11.1. The molecule has 1 amide bonds. The van der Waals surface area contributed by atoms with Gasteiger partial charge in [0.15, 0.2) is 17.6 Å². The number of carbonyl (C=O) groups is 1. The number of benzene rings is 2. The fourth-order valence-electron chi connectivity index (χ4n) is 2.88. The normalized spacial score (nSPS) is 15.4. The van der Waals surface area contributed by atoms with Crippen LogP contribution in [0.1, 0.15) is 22.8 Å². The standard InChI is InChI=1S/C19H20N2O5/c1-3-20(11-15-12-25-17-6-4-5-7-18(17)26-15)19(22)14-9-8-13(2)16(10-14)21(23)24/h4-10,15H,3,11-12H2,1-2H3. The average Bonchev–Trinajstić information content (AvgIpc) is 2.65. The monoisotopic (exact) mass is 356 g/mol. The topological polar surface area (TPSA) is 81.9 Å². The van der Waals surface area contributed by atoms with Crippen molar-refractivity contribution in [3.05, 3.63) is 63.7 Å². The zero-order chi connectivity index (χ0) is 18.7. The molecule has 0 fully saturated rings. The van der Waals surface area contributed by atoms with Crippen molar-refractivity contribution in [3.63, 3.8) is 0 Å². The lowest BCUT2D eigenvalue weighted by molar-refractivity contribution is -0.385. The van der Waals surface area contributed by atoms with Crippen LogP contribution in [0, 0.1) is 17.0 Å². The highest BCUT2D eigenvalue weighted by molar-refractivity contribution is 5.95. The van der Waals surface area contributed by atoms with Crippen LogP contribution in [0.15, 0.2) is 42.5 Å². The molecule has 1 aliphatic rings. The van der Waals surface area contributed by atoms with E-state index < -0.39 is 4.92 Å². The number of para-hydroxylation sites is 2. The van der Waals surface area contributed by atoms with Crippen molar-refractivity contribution in [3.8, 4) is 11.5 Å². The van der Waals surface area contributed by atoms with Gasteiger partial charge in [0.2, 0.25) is 0 Å². The Morgan fingerprint density at radius 3 is 2.69 bits per heavy atom. The number of nitro benzene ring substituents is 1. The van der Waals surface area contributed by atoms with E-state index in [2.05, 4.69) is 0 Å². The second-order valence-corrected chi connectivity index (χ2v) is 6.10. The van der Waals surface area contributed by atoms with Crippen LogP contribution in [0.5, 0.6) is 11.5 Å². The SMILES string of the molecule is CCN(CC1COc2ccccc2O1)C(=O)c1ccc(C)c([N+](=O)[O-])c1. The molecule has 0 radical (unpaired) electrons. The number of likely N-dealkylation sites (N-methyl/N-ethyl adjacent to an activating group) is 1. The molecule has 1 heterocycles. The van der Waals surface area contributed by atoms with Crippen LogP contribution >= 0.6 is 0 Å². The molecule has 2 aromatic carbocycles. The van der Waals surface area contributed by atoms with E-state index >= 15 is 0 Å². The summed E-state index contributed by atoms with van der Waals surface area (Å²) in [6, 6.07) is 11.9. The summed E-state index contributed by atoms with van der Waals surface area (Å²) >= 11 is 0. The van der Waals surface area contributed by atoms with Crippen LogP contribution < -0.4 is 9.47 Å². The number of carbonyl (C=O) groups excluding carboxylic acids is 1. The Hall–Kier alpha value is -3.09. The van der Waals surface area contributed by atoms with E-state index in [1.807, 2.05) is 31.2 Å². The number of aryl methyl sites for hydroxylation is 1. The van der Waals surface area contributed by atoms with Crippen molar-refractivity contribution in [2.75, 3.05) is 19.7 Å². The first-order chi connectivity index (χ1) is 12.5. The summed E-state index contributed by atoms with van der Waals surface area (Å²) in [5.41, 5.74) is 0.759. The minimum absolute atomic E-state index is 0.0573. The summed E-state index contributed by atoms with van der Waals surface area (Å²) < 4.78 is 11.6. The van der Waals surface area contributed by atoms with Crippen molar-refractivity contribution < 1.29 is 19.2 Å². The second-order valence-electron chi connectivity index (χ2n) is 6.10. The second kappa shape index (κ2) is 7.43. The van der Waals surface area contributed by atoms with Gasteiger partial charge in [-0.2, -0.15) is 0 Å². The smallest absolute Gasteiger partial charge is 0.273 e. The van der Waals surface area contributed by atoms with Gasteiger partial charge in [0.1, 0.15) is 6.61 Å². The molecule has 0 aromatic heterocycles. The molecule has 3 rings (SSSR count). The van der Waals surface area contributed by atoms with Gasteiger partial charge in [-0.3, -0.25) is 14.9 Å². The molecule has 0 saturated carbocycles. The summed E-state index contributed by atoms with van der Waals surface area (Å²) in [4.78, 5) is 25.0. The Kier molecular flexibility index (Phi) is 5.06. The molecule has 2 aromatic rings. The van der Waals surface area contributed by atoms with Crippen LogP contribution in [0.4, 0.5) is 5.69 Å². The van der Waals surface area contributed by atoms with Gasteiger partial charge in [-0.1, -0.05) is 18.2 Å². The third-order valence-corrected chi connectivity index (χ3v) is 4.31. The predicted molar refractivity (Wildman–Crippen MR) is 95.8 cm³/mol. The van der Waals surface area contributed by atoms with Gasteiger partial charge in [-0.25, -0.2) is 0 Å². The minimum Gasteiger partial charge on any atom is -0.486 e. The fourth-order valence-corrected chi connectivity index (χ4v) is 2.88. The van der Waals surface area contributed by atoms with E-state index in [4.69, 9.17) is 9.47 Å². The number of fused-ring (bicyclic) bond motifs is 1. The lowest BCUT2D eigenvalue weighted by atomic mass is 10.1. The number of rotatable bonds is 5. The molecular weight excluding hydrogens is 336 g/mol. The molecule has 0 aliphatic carbocycles. The first-order valence-electron chi connectivity index (χ1n) is 8.42. The van der Waals surface area contributed by atoms with Gasteiger partial charge in [0.25, 0.3) is 11.6 Å². The summed E-state index contributed by atoms with van der Waals surface area (Å²) in [6.45, 7) is 4.65. The molecule has 0 saturated heterocycles. The van der Waals surface area contributed by atoms with Gasteiger partial charge >= 0.3 is 0 Å². The van der Waals surface area contributed by atoms with Crippen molar-refractivity contribution in [1.29, 1.82) is 0 Å². The Morgan fingerprint density at radius 1 is 1.27 bits per heavy atom.